The number of aryl methyl sites for hydroxylation is 4. The molecule has 0 aliphatic carbocycles. The Kier molecular flexibility index (Phi) is 5.58. The maximum absolute atomic E-state index is 13.2. The van der Waals surface area contributed by atoms with E-state index in [4.69, 9.17) is 0 Å². The van der Waals surface area contributed by atoms with Crippen molar-refractivity contribution in [2.45, 2.75) is 32.6 Å². The van der Waals surface area contributed by atoms with Gasteiger partial charge >= 0.3 is 0 Å². The predicted molar refractivity (Wildman–Crippen MR) is 122 cm³/mol. The number of amides is 1. The SMILES string of the molecule is Cc1ccc2cc(C(=O)N3CCN(S(=O)(=O)c4ccc(C)c(C)c4)CC3)c(C)nc2c1. The van der Waals surface area contributed by atoms with Crippen LogP contribution in [-0.2, 0) is 10.0 Å². The van der Waals surface area contributed by atoms with Crippen LogP contribution in [-0.4, -0.2) is 54.7 Å². The normalized spacial score (nSPS) is 15.4. The van der Waals surface area contributed by atoms with Crippen molar-refractivity contribution in [3.8, 4) is 0 Å². The molecule has 31 heavy (non-hydrogen) atoms. The first-order chi connectivity index (χ1) is 14.7. The second-order valence-corrected chi connectivity index (χ2v) is 10.2. The van der Waals surface area contributed by atoms with Gasteiger partial charge in [-0.25, -0.2) is 8.42 Å². The highest BCUT2D eigenvalue weighted by Crippen LogP contribution is 2.23. The van der Waals surface area contributed by atoms with Crippen LogP contribution in [0.15, 0.2) is 47.4 Å². The van der Waals surface area contributed by atoms with Gasteiger partial charge in [-0.3, -0.25) is 9.78 Å². The van der Waals surface area contributed by atoms with Crippen LogP contribution in [0.1, 0.15) is 32.7 Å². The number of hydrogen-bond donors (Lipinski definition) is 0. The van der Waals surface area contributed by atoms with E-state index in [0.717, 1.165) is 27.6 Å². The molecule has 0 unspecified atom stereocenters. The highest BCUT2D eigenvalue weighted by Gasteiger charge is 2.31. The van der Waals surface area contributed by atoms with E-state index in [-0.39, 0.29) is 19.0 Å². The Hall–Kier alpha value is -2.77. The minimum absolute atomic E-state index is 0.101. The first kappa shape index (κ1) is 21.5. The third-order valence-electron chi connectivity index (χ3n) is 6.04. The summed E-state index contributed by atoms with van der Waals surface area (Å²) in [7, 11) is -3.57. The Labute approximate surface area is 183 Å². The first-order valence-electron chi connectivity index (χ1n) is 10.4. The molecular weight excluding hydrogens is 410 g/mol. The number of pyridine rings is 1. The molecule has 2 aromatic carbocycles. The van der Waals surface area contributed by atoms with Gasteiger partial charge in [0.2, 0.25) is 10.0 Å². The molecule has 1 amide bonds. The molecule has 0 bridgehead atoms. The van der Waals surface area contributed by atoms with E-state index in [2.05, 4.69) is 4.98 Å². The van der Waals surface area contributed by atoms with Crippen molar-refractivity contribution in [3.05, 3.63) is 70.4 Å². The number of benzene rings is 2. The van der Waals surface area contributed by atoms with Crippen LogP contribution in [0.25, 0.3) is 10.9 Å². The zero-order valence-electron chi connectivity index (χ0n) is 18.3. The van der Waals surface area contributed by atoms with Crippen LogP contribution >= 0.6 is 0 Å². The molecule has 1 fully saturated rings. The summed E-state index contributed by atoms with van der Waals surface area (Å²) in [5, 5.41) is 0.926. The molecule has 0 spiro atoms. The van der Waals surface area contributed by atoms with Gasteiger partial charge in [0.15, 0.2) is 0 Å². The Morgan fingerprint density at radius 2 is 1.58 bits per heavy atom. The van der Waals surface area contributed by atoms with Crippen molar-refractivity contribution in [1.82, 2.24) is 14.2 Å². The summed E-state index contributed by atoms with van der Waals surface area (Å²) < 4.78 is 27.5. The molecule has 1 aromatic heterocycles. The number of sulfonamides is 1. The van der Waals surface area contributed by atoms with E-state index in [9.17, 15) is 13.2 Å². The van der Waals surface area contributed by atoms with Gasteiger partial charge in [-0.2, -0.15) is 4.31 Å². The highest BCUT2D eigenvalue weighted by atomic mass is 32.2. The van der Waals surface area contributed by atoms with Crippen LogP contribution in [0.4, 0.5) is 0 Å². The average molecular weight is 438 g/mol. The van der Waals surface area contributed by atoms with Gasteiger partial charge < -0.3 is 4.90 Å². The van der Waals surface area contributed by atoms with Crippen LogP contribution in [0.5, 0.6) is 0 Å². The molecule has 2 heterocycles. The van der Waals surface area contributed by atoms with E-state index < -0.39 is 10.0 Å². The fourth-order valence-corrected chi connectivity index (χ4v) is 5.42. The van der Waals surface area contributed by atoms with Gasteiger partial charge in [-0.15, -0.1) is 0 Å². The maximum atomic E-state index is 13.2. The molecule has 0 radical (unpaired) electrons. The number of piperazine rings is 1. The number of aromatic nitrogens is 1. The third kappa shape index (κ3) is 4.07. The molecular formula is C24H27N3O3S. The Morgan fingerprint density at radius 3 is 2.26 bits per heavy atom. The van der Waals surface area contributed by atoms with Crippen LogP contribution in [0.2, 0.25) is 0 Å². The highest BCUT2D eigenvalue weighted by molar-refractivity contribution is 7.89. The molecule has 4 rings (SSSR count). The Morgan fingerprint density at radius 1 is 0.871 bits per heavy atom. The fraction of sp³-hybridized carbons (Fsp3) is 0.333. The van der Waals surface area contributed by atoms with Crippen molar-refractivity contribution in [3.63, 3.8) is 0 Å². The first-order valence-corrected chi connectivity index (χ1v) is 11.9. The molecule has 0 saturated carbocycles. The molecule has 0 atom stereocenters. The van der Waals surface area contributed by atoms with Crippen molar-refractivity contribution in [2.75, 3.05) is 26.2 Å². The van der Waals surface area contributed by atoms with Crippen molar-refractivity contribution in [1.29, 1.82) is 0 Å². The summed E-state index contributed by atoms with van der Waals surface area (Å²) in [6.45, 7) is 8.99. The minimum atomic E-state index is -3.57. The largest absolute Gasteiger partial charge is 0.336 e. The molecule has 1 aliphatic heterocycles. The van der Waals surface area contributed by atoms with Gasteiger partial charge in [0.1, 0.15) is 0 Å². The number of fused-ring (bicyclic) bond motifs is 1. The summed E-state index contributed by atoms with van der Waals surface area (Å²) in [4.78, 5) is 19.8. The summed E-state index contributed by atoms with van der Waals surface area (Å²) in [5.74, 6) is -0.101. The quantitative estimate of drug-likeness (QED) is 0.628. The second-order valence-electron chi connectivity index (χ2n) is 8.26. The molecule has 0 N–H and O–H groups in total. The smallest absolute Gasteiger partial charge is 0.255 e. The Bertz CT molecular complexity index is 1280. The fourth-order valence-electron chi connectivity index (χ4n) is 3.92. The second kappa shape index (κ2) is 8.05. The zero-order chi connectivity index (χ0) is 22.3. The lowest BCUT2D eigenvalue weighted by molar-refractivity contribution is 0.0697. The summed E-state index contributed by atoms with van der Waals surface area (Å²) >= 11 is 0. The summed E-state index contributed by atoms with van der Waals surface area (Å²) in [6.07, 6.45) is 0. The lowest BCUT2D eigenvalue weighted by Crippen LogP contribution is -2.50. The van der Waals surface area contributed by atoms with Gasteiger partial charge in [-0.05, 0) is 68.7 Å². The molecule has 7 heteroatoms. The van der Waals surface area contributed by atoms with E-state index in [1.807, 2.05) is 58.0 Å². The number of carbonyl (C=O) groups is 1. The summed E-state index contributed by atoms with van der Waals surface area (Å²) in [5.41, 5.74) is 5.27. The molecule has 1 aliphatic rings. The van der Waals surface area contributed by atoms with E-state index >= 15 is 0 Å². The molecule has 6 nitrogen and oxygen atoms in total. The maximum Gasteiger partial charge on any atom is 0.255 e. The Balaban J connectivity index is 1.51. The lowest BCUT2D eigenvalue weighted by atomic mass is 10.1. The zero-order valence-corrected chi connectivity index (χ0v) is 19.2. The number of carbonyl (C=O) groups excluding carboxylic acids is 1. The average Bonchev–Trinajstić information content (AvgIpc) is 2.74. The predicted octanol–water partition coefficient (Wildman–Crippen LogP) is 3.62. The van der Waals surface area contributed by atoms with E-state index in [1.54, 1.807) is 17.0 Å². The van der Waals surface area contributed by atoms with E-state index in [0.29, 0.717) is 29.2 Å². The van der Waals surface area contributed by atoms with Crippen molar-refractivity contribution in [2.24, 2.45) is 0 Å². The topological polar surface area (TPSA) is 70.6 Å². The lowest BCUT2D eigenvalue weighted by Gasteiger charge is -2.34. The van der Waals surface area contributed by atoms with Gasteiger partial charge in [0.05, 0.1) is 21.7 Å². The molecule has 162 valence electrons. The standard InChI is InChI=1S/C24H27N3O3S/c1-16-5-7-20-15-22(19(4)25-23(20)13-16)24(28)26-9-11-27(12-10-26)31(29,30)21-8-6-17(2)18(3)14-21/h5-8,13-15H,9-12H2,1-4H3. The number of nitrogens with zero attached hydrogens (tertiary/aromatic N) is 3. The van der Waals surface area contributed by atoms with Gasteiger partial charge in [0, 0.05) is 31.6 Å². The third-order valence-corrected chi connectivity index (χ3v) is 7.93. The van der Waals surface area contributed by atoms with Gasteiger partial charge in [-0.1, -0.05) is 18.2 Å². The molecule has 1 saturated heterocycles. The van der Waals surface area contributed by atoms with Crippen molar-refractivity contribution >= 4 is 26.8 Å². The van der Waals surface area contributed by atoms with Crippen LogP contribution < -0.4 is 0 Å². The number of rotatable bonds is 3. The molecule has 3 aromatic rings. The monoisotopic (exact) mass is 437 g/mol. The van der Waals surface area contributed by atoms with Crippen LogP contribution in [0.3, 0.4) is 0 Å². The minimum Gasteiger partial charge on any atom is -0.336 e. The number of hydrogen-bond acceptors (Lipinski definition) is 4. The van der Waals surface area contributed by atoms with Crippen LogP contribution in [0, 0.1) is 27.7 Å². The van der Waals surface area contributed by atoms with E-state index in [1.165, 1.54) is 4.31 Å². The van der Waals surface area contributed by atoms with Crippen molar-refractivity contribution < 1.29 is 13.2 Å². The summed E-state index contributed by atoms with van der Waals surface area (Å²) in [6, 6.07) is 13.1. The van der Waals surface area contributed by atoms with Gasteiger partial charge in [0.25, 0.3) is 5.91 Å².